The normalized spacial score (nSPS) is 16.1. The largest absolute Gasteiger partial charge is 0.478 e. The first-order valence-corrected chi connectivity index (χ1v) is 5.67. The molecule has 4 N–H and O–H groups in total. The van der Waals surface area contributed by atoms with E-state index in [4.69, 9.17) is 10.8 Å². The minimum Gasteiger partial charge on any atom is -0.478 e. The van der Waals surface area contributed by atoms with Gasteiger partial charge in [0.2, 0.25) is 0 Å². The van der Waals surface area contributed by atoms with Crippen LogP contribution in [-0.2, 0) is 0 Å². The van der Waals surface area contributed by atoms with Crippen molar-refractivity contribution >= 4 is 17.3 Å². The lowest BCUT2D eigenvalue weighted by Gasteiger charge is -2.15. The fourth-order valence-corrected chi connectivity index (χ4v) is 2.17. The SMILES string of the molecule is Nc1cc(F)c(NC2CCCC2)cc1C(=O)O. The lowest BCUT2D eigenvalue weighted by atomic mass is 10.1. The predicted molar refractivity (Wildman–Crippen MR) is 63.7 cm³/mol. The van der Waals surface area contributed by atoms with Crippen molar-refractivity contribution in [2.45, 2.75) is 31.7 Å². The van der Waals surface area contributed by atoms with E-state index >= 15 is 0 Å². The standard InChI is InChI=1S/C12H15FN2O2/c13-9-6-10(14)8(12(16)17)5-11(9)15-7-3-1-2-4-7/h5-7,15H,1-4,14H2,(H,16,17). The summed E-state index contributed by atoms with van der Waals surface area (Å²) in [4.78, 5) is 10.9. The molecule has 0 spiro atoms. The van der Waals surface area contributed by atoms with Crippen LogP contribution < -0.4 is 11.1 Å². The molecule has 0 bridgehead atoms. The van der Waals surface area contributed by atoms with Gasteiger partial charge in [-0.2, -0.15) is 0 Å². The highest BCUT2D eigenvalue weighted by Gasteiger charge is 2.18. The maximum Gasteiger partial charge on any atom is 0.337 e. The lowest BCUT2D eigenvalue weighted by Crippen LogP contribution is -2.16. The molecule has 0 heterocycles. The van der Waals surface area contributed by atoms with Gasteiger partial charge < -0.3 is 16.2 Å². The molecule has 1 aliphatic carbocycles. The van der Waals surface area contributed by atoms with Crippen molar-refractivity contribution < 1.29 is 14.3 Å². The third-order valence-corrected chi connectivity index (χ3v) is 3.08. The number of rotatable bonds is 3. The Balaban J connectivity index is 2.26. The number of carbonyl (C=O) groups is 1. The summed E-state index contributed by atoms with van der Waals surface area (Å²) in [6, 6.07) is 2.56. The third-order valence-electron chi connectivity index (χ3n) is 3.08. The molecule has 2 rings (SSSR count). The Morgan fingerprint density at radius 3 is 2.65 bits per heavy atom. The van der Waals surface area contributed by atoms with Crippen LogP contribution in [0.2, 0.25) is 0 Å². The first kappa shape index (κ1) is 11.7. The zero-order valence-electron chi connectivity index (χ0n) is 9.37. The van der Waals surface area contributed by atoms with Gasteiger partial charge in [0.05, 0.1) is 11.3 Å². The molecule has 5 heteroatoms. The zero-order chi connectivity index (χ0) is 12.4. The number of carboxylic acids is 1. The van der Waals surface area contributed by atoms with Crippen molar-refractivity contribution in [3.8, 4) is 0 Å². The summed E-state index contributed by atoms with van der Waals surface area (Å²) in [7, 11) is 0. The molecule has 92 valence electrons. The van der Waals surface area contributed by atoms with Gasteiger partial charge in [0.15, 0.2) is 0 Å². The van der Waals surface area contributed by atoms with Gasteiger partial charge in [-0.3, -0.25) is 0 Å². The molecule has 17 heavy (non-hydrogen) atoms. The zero-order valence-corrected chi connectivity index (χ0v) is 9.37. The van der Waals surface area contributed by atoms with Crippen LogP contribution in [0.5, 0.6) is 0 Å². The number of nitrogens with two attached hydrogens (primary N) is 1. The average Bonchev–Trinajstić information content (AvgIpc) is 2.74. The fraction of sp³-hybridized carbons (Fsp3) is 0.417. The number of aromatic carboxylic acids is 1. The van der Waals surface area contributed by atoms with Gasteiger partial charge in [-0.1, -0.05) is 12.8 Å². The van der Waals surface area contributed by atoms with E-state index in [2.05, 4.69) is 5.32 Å². The van der Waals surface area contributed by atoms with E-state index in [1.807, 2.05) is 0 Å². The van der Waals surface area contributed by atoms with E-state index in [1.54, 1.807) is 0 Å². The Morgan fingerprint density at radius 2 is 2.06 bits per heavy atom. The number of nitrogen functional groups attached to an aromatic ring is 1. The lowest BCUT2D eigenvalue weighted by molar-refractivity contribution is 0.0698. The number of hydrogen-bond donors (Lipinski definition) is 3. The molecule has 0 saturated heterocycles. The van der Waals surface area contributed by atoms with Crippen LogP contribution in [0.1, 0.15) is 36.0 Å². The molecule has 0 unspecified atom stereocenters. The van der Waals surface area contributed by atoms with Crippen LogP contribution in [-0.4, -0.2) is 17.1 Å². The first-order valence-electron chi connectivity index (χ1n) is 5.67. The molecule has 1 fully saturated rings. The van der Waals surface area contributed by atoms with Crippen molar-refractivity contribution in [1.82, 2.24) is 0 Å². The molecule has 1 saturated carbocycles. The van der Waals surface area contributed by atoms with Gasteiger partial charge in [0.1, 0.15) is 5.82 Å². The number of anilines is 2. The van der Waals surface area contributed by atoms with Gasteiger partial charge in [0.25, 0.3) is 0 Å². The number of benzene rings is 1. The highest BCUT2D eigenvalue weighted by Crippen LogP contribution is 2.27. The summed E-state index contributed by atoms with van der Waals surface area (Å²) >= 11 is 0. The molecule has 4 nitrogen and oxygen atoms in total. The Morgan fingerprint density at radius 1 is 1.41 bits per heavy atom. The molecule has 1 aliphatic rings. The quantitative estimate of drug-likeness (QED) is 0.707. The van der Waals surface area contributed by atoms with Crippen molar-refractivity contribution in [2.75, 3.05) is 11.1 Å². The average molecular weight is 238 g/mol. The maximum atomic E-state index is 13.6. The molecule has 1 aromatic carbocycles. The van der Waals surface area contributed by atoms with E-state index in [0.29, 0.717) is 0 Å². The number of halogens is 1. The molecule has 0 radical (unpaired) electrons. The number of carboxylic acid groups (broad SMARTS) is 1. The number of hydrogen-bond acceptors (Lipinski definition) is 3. The van der Waals surface area contributed by atoms with Crippen molar-refractivity contribution in [3.63, 3.8) is 0 Å². The second-order valence-electron chi connectivity index (χ2n) is 4.35. The van der Waals surface area contributed by atoms with Crippen molar-refractivity contribution in [3.05, 3.63) is 23.5 Å². The van der Waals surface area contributed by atoms with E-state index in [-0.39, 0.29) is 23.0 Å². The van der Waals surface area contributed by atoms with Crippen molar-refractivity contribution in [1.29, 1.82) is 0 Å². The van der Waals surface area contributed by atoms with E-state index in [0.717, 1.165) is 31.7 Å². The highest BCUT2D eigenvalue weighted by atomic mass is 19.1. The molecular weight excluding hydrogens is 223 g/mol. The van der Waals surface area contributed by atoms with Gasteiger partial charge in [0, 0.05) is 11.7 Å². The molecule has 1 aromatic rings. The third kappa shape index (κ3) is 2.49. The second kappa shape index (κ2) is 4.61. The monoisotopic (exact) mass is 238 g/mol. The second-order valence-corrected chi connectivity index (χ2v) is 4.35. The summed E-state index contributed by atoms with van der Waals surface area (Å²) < 4.78 is 13.6. The van der Waals surface area contributed by atoms with Gasteiger partial charge >= 0.3 is 5.97 Å². The molecule has 0 atom stereocenters. The van der Waals surface area contributed by atoms with Crippen LogP contribution in [0.3, 0.4) is 0 Å². The minimum absolute atomic E-state index is 0.0491. The Kier molecular flexibility index (Phi) is 3.17. The fourth-order valence-electron chi connectivity index (χ4n) is 2.17. The van der Waals surface area contributed by atoms with Crippen LogP contribution in [0.15, 0.2) is 12.1 Å². The summed E-state index contributed by atoms with van der Waals surface area (Å²) in [5.74, 6) is -1.64. The Bertz CT molecular complexity index is 442. The first-order chi connectivity index (χ1) is 8.08. The Labute approximate surface area is 98.6 Å². The maximum absolute atomic E-state index is 13.6. The van der Waals surface area contributed by atoms with Gasteiger partial charge in [-0.25, -0.2) is 9.18 Å². The molecule has 0 aromatic heterocycles. The topological polar surface area (TPSA) is 75.3 Å². The summed E-state index contributed by atoms with van der Waals surface area (Å²) in [6.07, 6.45) is 4.23. The molecule has 0 aliphatic heterocycles. The smallest absolute Gasteiger partial charge is 0.337 e. The Hall–Kier alpha value is -1.78. The summed E-state index contributed by atoms with van der Waals surface area (Å²) in [5.41, 5.74) is 5.56. The van der Waals surface area contributed by atoms with Gasteiger partial charge in [-0.05, 0) is 25.0 Å². The van der Waals surface area contributed by atoms with Gasteiger partial charge in [-0.15, -0.1) is 0 Å². The molecular formula is C12H15FN2O2. The summed E-state index contributed by atoms with van der Waals surface area (Å²) in [5, 5.41) is 11.9. The minimum atomic E-state index is -1.14. The van der Waals surface area contributed by atoms with E-state index in [9.17, 15) is 9.18 Å². The predicted octanol–water partition coefficient (Wildman–Crippen LogP) is 2.46. The van der Waals surface area contributed by atoms with Crippen LogP contribution in [0.25, 0.3) is 0 Å². The molecule has 0 amide bonds. The van der Waals surface area contributed by atoms with E-state index in [1.165, 1.54) is 6.07 Å². The van der Waals surface area contributed by atoms with Crippen LogP contribution in [0, 0.1) is 5.82 Å². The summed E-state index contributed by atoms with van der Waals surface area (Å²) in [6.45, 7) is 0. The van der Waals surface area contributed by atoms with Crippen molar-refractivity contribution in [2.24, 2.45) is 0 Å². The van der Waals surface area contributed by atoms with Crippen LogP contribution in [0.4, 0.5) is 15.8 Å². The van der Waals surface area contributed by atoms with E-state index < -0.39 is 11.8 Å². The van der Waals surface area contributed by atoms with Crippen LogP contribution >= 0.6 is 0 Å². The highest BCUT2D eigenvalue weighted by molar-refractivity contribution is 5.94. The number of nitrogens with one attached hydrogen (secondary N) is 1.